The third kappa shape index (κ3) is 2.23. The van der Waals surface area contributed by atoms with Crippen LogP contribution < -0.4 is 5.73 Å². The highest BCUT2D eigenvalue weighted by Gasteiger charge is 2.21. The molecule has 0 heterocycles. The summed E-state index contributed by atoms with van der Waals surface area (Å²) in [5.74, 6) is 0. The van der Waals surface area contributed by atoms with E-state index in [-0.39, 0.29) is 0 Å². The van der Waals surface area contributed by atoms with Gasteiger partial charge < -0.3 is 10.8 Å². The highest BCUT2D eigenvalue weighted by Crippen LogP contribution is 2.05. The highest BCUT2D eigenvalue weighted by atomic mass is 19.1. The zero-order valence-corrected chi connectivity index (χ0v) is 5.19. The Hall–Kier alpha value is -0.150. The summed E-state index contributed by atoms with van der Waals surface area (Å²) in [5, 5.41) is 8.92. The number of nitrogens with two attached hydrogens (primary N) is 1. The summed E-state index contributed by atoms with van der Waals surface area (Å²) >= 11 is 0. The molecule has 0 spiro atoms. The third-order valence-electron chi connectivity index (χ3n) is 1.07. The summed E-state index contributed by atoms with van der Waals surface area (Å²) in [6.45, 7) is 2.29. The highest BCUT2D eigenvalue weighted by molar-refractivity contribution is 4.79. The van der Waals surface area contributed by atoms with Gasteiger partial charge in [0.25, 0.3) is 0 Å². The van der Waals surface area contributed by atoms with Gasteiger partial charge in [0.05, 0.1) is 11.6 Å². The van der Waals surface area contributed by atoms with Gasteiger partial charge in [0, 0.05) is 0 Å². The first kappa shape index (κ1) is 7.85. The molecule has 0 radical (unpaired) electrons. The molecule has 0 aliphatic rings. The predicted molar refractivity (Wildman–Crippen MR) is 30.2 cm³/mol. The molecule has 0 saturated heterocycles. The van der Waals surface area contributed by atoms with Crippen LogP contribution in [0, 0.1) is 0 Å². The second-order valence-electron chi connectivity index (χ2n) is 2.41. The van der Waals surface area contributed by atoms with E-state index in [0.717, 1.165) is 0 Å². The Morgan fingerprint density at radius 3 is 2.12 bits per heavy atom. The van der Waals surface area contributed by atoms with Gasteiger partial charge in [-0.3, -0.25) is 0 Å². The molecule has 0 amide bonds. The van der Waals surface area contributed by atoms with E-state index in [1.165, 1.54) is 13.8 Å². The molecule has 2 nitrogen and oxygen atoms in total. The summed E-state index contributed by atoms with van der Waals surface area (Å²) in [5.41, 5.74) is 4.04. The molecule has 0 aliphatic heterocycles. The van der Waals surface area contributed by atoms with Gasteiger partial charge in [0.2, 0.25) is 0 Å². The molecule has 0 unspecified atom stereocenters. The van der Waals surface area contributed by atoms with E-state index < -0.39 is 18.3 Å². The monoisotopic (exact) mass is 121 g/mol. The summed E-state index contributed by atoms with van der Waals surface area (Å²) in [7, 11) is 0. The van der Waals surface area contributed by atoms with E-state index in [4.69, 9.17) is 10.8 Å². The minimum absolute atomic E-state index is 0.677. The average Bonchev–Trinajstić information content (AvgIpc) is 1.62. The van der Waals surface area contributed by atoms with Crippen molar-refractivity contribution in [3.05, 3.63) is 0 Å². The zero-order valence-electron chi connectivity index (χ0n) is 5.19. The molecule has 0 aromatic carbocycles. The number of halogens is 1. The lowest BCUT2D eigenvalue weighted by atomic mass is 10.0. The van der Waals surface area contributed by atoms with Gasteiger partial charge in [-0.05, 0) is 13.8 Å². The second kappa shape index (κ2) is 2.42. The lowest BCUT2D eigenvalue weighted by molar-refractivity contribution is 0.0433. The number of hydrogen-bond acceptors (Lipinski definition) is 2. The van der Waals surface area contributed by atoms with Gasteiger partial charge in [-0.1, -0.05) is 0 Å². The predicted octanol–water partition coefficient (Wildman–Crippen LogP) is 0.0541. The number of alkyl halides is 1. The molecule has 8 heavy (non-hydrogen) atoms. The van der Waals surface area contributed by atoms with E-state index >= 15 is 0 Å². The number of rotatable bonds is 2. The fourth-order valence-corrected chi connectivity index (χ4v) is 0.189. The lowest BCUT2D eigenvalue weighted by Crippen LogP contribution is -2.44. The molecule has 0 aromatic heterocycles. The molecule has 3 N–H and O–H groups in total. The van der Waals surface area contributed by atoms with E-state index in [0.29, 0.717) is 0 Å². The molecule has 0 rings (SSSR count). The molecule has 0 fully saturated rings. The largest absolute Gasteiger partial charge is 0.389 e. The Bertz CT molecular complexity index is 69.3. The van der Waals surface area contributed by atoms with Crippen molar-refractivity contribution in [2.75, 3.05) is 6.67 Å². The van der Waals surface area contributed by atoms with Crippen LogP contribution in [0.25, 0.3) is 0 Å². The van der Waals surface area contributed by atoms with Crippen LogP contribution in [0.4, 0.5) is 4.39 Å². The smallest absolute Gasteiger partial charge is 0.107 e. The van der Waals surface area contributed by atoms with Crippen LogP contribution in [0.3, 0.4) is 0 Å². The minimum Gasteiger partial charge on any atom is -0.389 e. The van der Waals surface area contributed by atoms with Crippen molar-refractivity contribution in [3.8, 4) is 0 Å². The molecule has 0 bridgehead atoms. The first-order valence-corrected chi connectivity index (χ1v) is 2.52. The second-order valence-corrected chi connectivity index (χ2v) is 2.41. The third-order valence-corrected chi connectivity index (χ3v) is 1.07. The summed E-state index contributed by atoms with van der Waals surface area (Å²) in [6.07, 6.45) is 0. The SMILES string of the molecule is CC(C)(O)[C@@H](N)CF. The molecule has 0 aromatic rings. The molecular weight excluding hydrogens is 109 g/mol. The molecule has 3 heteroatoms. The van der Waals surface area contributed by atoms with Gasteiger partial charge in [-0.2, -0.15) is 0 Å². The Labute approximate surface area is 48.5 Å². The zero-order chi connectivity index (χ0) is 6.78. The molecular formula is C5H12FNO. The standard InChI is InChI=1S/C5H12FNO/c1-5(2,8)4(7)3-6/h4,8H,3,7H2,1-2H3/t4-/m0/s1. The first-order valence-electron chi connectivity index (χ1n) is 2.52. The quantitative estimate of drug-likeness (QED) is 0.542. The fraction of sp³-hybridized carbons (Fsp3) is 1.00. The minimum atomic E-state index is -1.09. The van der Waals surface area contributed by atoms with Gasteiger partial charge in [-0.15, -0.1) is 0 Å². The van der Waals surface area contributed by atoms with E-state index in [1.807, 2.05) is 0 Å². The van der Waals surface area contributed by atoms with Crippen molar-refractivity contribution in [2.24, 2.45) is 5.73 Å². The van der Waals surface area contributed by atoms with Crippen LogP contribution in [0.15, 0.2) is 0 Å². The van der Waals surface area contributed by atoms with Gasteiger partial charge in [0.15, 0.2) is 0 Å². The van der Waals surface area contributed by atoms with Crippen LogP contribution >= 0.6 is 0 Å². The molecule has 0 aliphatic carbocycles. The van der Waals surface area contributed by atoms with Crippen LogP contribution in [0.2, 0.25) is 0 Å². The fourth-order valence-electron chi connectivity index (χ4n) is 0.189. The van der Waals surface area contributed by atoms with E-state index in [2.05, 4.69) is 0 Å². The van der Waals surface area contributed by atoms with Crippen molar-refractivity contribution in [3.63, 3.8) is 0 Å². The van der Waals surface area contributed by atoms with Crippen molar-refractivity contribution >= 4 is 0 Å². The van der Waals surface area contributed by atoms with Gasteiger partial charge >= 0.3 is 0 Å². The van der Waals surface area contributed by atoms with Crippen LogP contribution in [0.1, 0.15) is 13.8 Å². The maximum atomic E-state index is 11.6. The number of hydrogen-bond donors (Lipinski definition) is 2. The summed E-state index contributed by atoms with van der Waals surface area (Å²) < 4.78 is 11.6. The van der Waals surface area contributed by atoms with Crippen LogP contribution in [-0.2, 0) is 0 Å². The van der Waals surface area contributed by atoms with E-state index in [1.54, 1.807) is 0 Å². The topological polar surface area (TPSA) is 46.2 Å². The summed E-state index contributed by atoms with van der Waals surface area (Å²) in [4.78, 5) is 0. The van der Waals surface area contributed by atoms with Crippen LogP contribution in [-0.4, -0.2) is 23.4 Å². The van der Waals surface area contributed by atoms with Crippen molar-refractivity contribution in [2.45, 2.75) is 25.5 Å². The molecule has 0 saturated carbocycles. The Balaban J connectivity index is 3.62. The van der Waals surface area contributed by atoms with E-state index in [9.17, 15) is 4.39 Å². The van der Waals surface area contributed by atoms with Crippen molar-refractivity contribution in [1.29, 1.82) is 0 Å². The van der Waals surface area contributed by atoms with Crippen molar-refractivity contribution < 1.29 is 9.50 Å². The normalized spacial score (nSPS) is 16.1. The maximum Gasteiger partial charge on any atom is 0.107 e. The van der Waals surface area contributed by atoms with Crippen LogP contribution in [0.5, 0.6) is 0 Å². The molecule has 1 atom stereocenters. The Kier molecular flexibility index (Phi) is 2.37. The Morgan fingerprint density at radius 1 is 1.75 bits per heavy atom. The van der Waals surface area contributed by atoms with Gasteiger partial charge in [0.1, 0.15) is 6.67 Å². The lowest BCUT2D eigenvalue weighted by Gasteiger charge is -2.22. The number of aliphatic hydroxyl groups is 1. The maximum absolute atomic E-state index is 11.6. The molecule has 50 valence electrons. The first-order chi connectivity index (χ1) is 3.48. The summed E-state index contributed by atoms with van der Waals surface area (Å²) in [6, 6.07) is -0.762. The Morgan fingerprint density at radius 2 is 2.12 bits per heavy atom. The van der Waals surface area contributed by atoms with Crippen molar-refractivity contribution in [1.82, 2.24) is 0 Å². The van der Waals surface area contributed by atoms with Gasteiger partial charge in [-0.25, -0.2) is 4.39 Å². The average molecular weight is 121 g/mol.